The molecule has 2 aliphatic rings. The maximum Gasteiger partial charge on any atom is 0.294 e. The molecule has 4 heterocycles. The average molecular weight is 383 g/mol. The molecule has 0 spiro atoms. The van der Waals surface area contributed by atoms with Crippen LogP contribution in [-0.2, 0) is 0 Å². The Morgan fingerprint density at radius 1 is 1.37 bits per heavy atom. The zero-order valence-electron chi connectivity index (χ0n) is 15.0. The van der Waals surface area contributed by atoms with Crippen LogP contribution in [0.3, 0.4) is 0 Å². The first-order chi connectivity index (χ1) is 13.1. The number of benzene rings is 1. The van der Waals surface area contributed by atoms with E-state index in [1.165, 1.54) is 24.2 Å². The predicted molar refractivity (Wildman–Crippen MR) is 102 cm³/mol. The first kappa shape index (κ1) is 16.7. The highest BCUT2D eigenvalue weighted by Gasteiger charge is 2.43. The van der Waals surface area contributed by atoms with Gasteiger partial charge in [-0.15, -0.1) is 5.10 Å². The van der Waals surface area contributed by atoms with Crippen LogP contribution >= 0.6 is 11.3 Å². The van der Waals surface area contributed by atoms with Gasteiger partial charge in [-0.3, -0.25) is 0 Å². The minimum absolute atomic E-state index is 0.163. The lowest BCUT2D eigenvalue weighted by molar-refractivity contribution is 0.107. The summed E-state index contributed by atoms with van der Waals surface area (Å²) in [4.78, 5) is 4.03. The van der Waals surface area contributed by atoms with Crippen LogP contribution in [0.15, 0.2) is 36.9 Å². The maximum absolute atomic E-state index is 10.4. The maximum atomic E-state index is 10.4. The minimum Gasteiger partial charge on any atom is -0.507 e. The van der Waals surface area contributed by atoms with E-state index in [4.69, 9.17) is 4.74 Å². The molecular weight excluding hydrogens is 362 g/mol. The zero-order chi connectivity index (χ0) is 18.4. The van der Waals surface area contributed by atoms with Gasteiger partial charge < -0.3 is 19.7 Å². The zero-order valence-corrected chi connectivity index (χ0v) is 15.8. The number of hydrogen-bond donors (Lipinski definition) is 2. The molecule has 2 aliphatic heterocycles. The van der Waals surface area contributed by atoms with Crippen LogP contribution in [0.2, 0.25) is 0 Å². The SMILES string of the molecule is C[C@]12CC[C@H](C[C@@H](Oc3nnc(-c4ccc(-n5ccnc5)cc4O)s3)C1)N2. The van der Waals surface area contributed by atoms with E-state index >= 15 is 0 Å². The number of hydrogen-bond acceptors (Lipinski definition) is 7. The standard InChI is InChI=1S/C19H21N5O2S/c1-19-5-4-12(21-19)8-14(10-19)26-18-23-22-17(27-18)15-3-2-13(9-16(15)25)24-7-6-20-11-24/h2-3,6-7,9,11-12,14,21,25H,4-5,8,10H2,1H3/t12-,14-,19+/m1/s1. The summed E-state index contributed by atoms with van der Waals surface area (Å²) in [6.45, 7) is 2.27. The molecule has 1 aromatic carbocycles. The molecule has 27 heavy (non-hydrogen) atoms. The van der Waals surface area contributed by atoms with Crippen molar-refractivity contribution in [2.24, 2.45) is 0 Å². The Morgan fingerprint density at radius 3 is 3.07 bits per heavy atom. The van der Waals surface area contributed by atoms with Crippen molar-refractivity contribution < 1.29 is 9.84 Å². The molecule has 2 saturated heterocycles. The number of piperidine rings is 1. The Kier molecular flexibility index (Phi) is 3.91. The Morgan fingerprint density at radius 2 is 2.30 bits per heavy atom. The summed E-state index contributed by atoms with van der Waals surface area (Å²) < 4.78 is 7.97. The quantitative estimate of drug-likeness (QED) is 0.720. The van der Waals surface area contributed by atoms with E-state index in [1.807, 2.05) is 22.9 Å². The number of nitrogens with one attached hydrogen (secondary N) is 1. The lowest BCUT2D eigenvalue weighted by Gasteiger charge is -2.35. The molecule has 5 rings (SSSR count). The summed E-state index contributed by atoms with van der Waals surface area (Å²) in [7, 11) is 0. The highest BCUT2D eigenvalue weighted by atomic mass is 32.1. The summed E-state index contributed by atoms with van der Waals surface area (Å²) in [6, 6.07) is 6.01. The van der Waals surface area contributed by atoms with E-state index in [2.05, 4.69) is 27.4 Å². The molecule has 2 aromatic heterocycles. The predicted octanol–water partition coefficient (Wildman–Crippen LogP) is 3.15. The Balaban J connectivity index is 1.33. The summed E-state index contributed by atoms with van der Waals surface area (Å²) >= 11 is 1.37. The number of imidazole rings is 1. The fraction of sp³-hybridized carbons (Fsp3) is 0.421. The monoisotopic (exact) mass is 383 g/mol. The minimum atomic E-state index is 0.163. The number of ether oxygens (including phenoxy) is 1. The molecule has 8 heteroatoms. The molecule has 2 fully saturated rings. The number of phenolic OH excluding ortho intramolecular Hbond substituents is 1. The lowest BCUT2D eigenvalue weighted by atomic mass is 9.91. The van der Waals surface area contributed by atoms with Gasteiger partial charge in [0, 0.05) is 36.5 Å². The van der Waals surface area contributed by atoms with Crippen molar-refractivity contribution in [3.8, 4) is 27.2 Å². The highest BCUT2D eigenvalue weighted by Crippen LogP contribution is 2.39. The molecule has 0 amide bonds. The smallest absolute Gasteiger partial charge is 0.294 e. The van der Waals surface area contributed by atoms with Gasteiger partial charge in [0.2, 0.25) is 0 Å². The summed E-state index contributed by atoms with van der Waals surface area (Å²) in [5.74, 6) is 0.163. The van der Waals surface area contributed by atoms with Crippen molar-refractivity contribution in [2.45, 2.75) is 50.3 Å². The van der Waals surface area contributed by atoms with Gasteiger partial charge in [0.25, 0.3) is 5.19 Å². The molecule has 2 bridgehead atoms. The Labute approximate surface area is 161 Å². The third kappa shape index (κ3) is 3.19. The number of phenols is 1. The van der Waals surface area contributed by atoms with Crippen LogP contribution in [-0.4, -0.2) is 42.5 Å². The first-order valence-electron chi connectivity index (χ1n) is 9.18. The second-order valence-corrected chi connectivity index (χ2v) is 8.60. The molecule has 3 atom stereocenters. The van der Waals surface area contributed by atoms with Crippen molar-refractivity contribution in [1.82, 2.24) is 25.1 Å². The van der Waals surface area contributed by atoms with Gasteiger partial charge in [-0.25, -0.2) is 4.98 Å². The first-order valence-corrected chi connectivity index (χ1v) is 9.99. The molecule has 0 aliphatic carbocycles. The normalized spacial score (nSPS) is 27.0. The van der Waals surface area contributed by atoms with Crippen molar-refractivity contribution in [3.63, 3.8) is 0 Å². The van der Waals surface area contributed by atoms with Gasteiger partial charge in [-0.1, -0.05) is 16.4 Å². The number of nitrogens with zero attached hydrogens (tertiary/aromatic N) is 4. The van der Waals surface area contributed by atoms with Gasteiger partial charge in [-0.05, 0) is 38.3 Å². The van der Waals surface area contributed by atoms with Crippen LogP contribution < -0.4 is 10.1 Å². The summed E-state index contributed by atoms with van der Waals surface area (Å²) in [5, 5.41) is 23.8. The molecule has 0 saturated carbocycles. The van der Waals surface area contributed by atoms with Crippen LogP contribution in [0, 0.1) is 0 Å². The second-order valence-electron chi connectivity index (χ2n) is 7.66. The van der Waals surface area contributed by atoms with Gasteiger partial charge >= 0.3 is 0 Å². The molecular formula is C19H21N5O2S. The van der Waals surface area contributed by atoms with Crippen molar-refractivity contribution in [2.75, 3.05) is 0 Å². The molecule has 0 radical (unpaired) electrons. The largest absolute Gasteiger partial charge is 0.507 e. The van der Waals surface area contributed by atoms with Crippen LogP contribution in [0.1, 0.15) is 32.6 Å². The molecule has 3 aromatic rings. The van der Waals surface area contributed by atoms with Gasteiger partial charge in [-0.2, -0.15) is 0 Å². The fourth-order valence-electron chi connectivity index (χ4n) is 4.24. The van der Waals surface area contributed by atoms with Gasteiger partial charge in [0.05, 0.1) is 17.6 Å². The van der Waals surface area contributed by atoms with Gasteiger partial charge in [0.1, 0.15) is 11.9 Å². The van der Waals surface area contributed by atoms with E-state index in [9.17, 15) is 5.11 Å². The third-order valence-electron chi connectivity index (χ3n) is 5.51. The van der Waals surface area contributed by atoms with Crippen LogP contribution in [0.4, 0.5) is 0 Å². The Bertz CT molecular complexity index is 957. The molecule has 140 valence electrons. The number of rotatable bonds is 4. The van der Waals surface area contributed by atoms with Crippen LogP contribution in [0.5, 0.6) is 10.9 Å². The summed E-state index contributed by atoms with van der Waals surface area (Å²) in [5.41, 5.74) is 1.68. The van der Waals surface area contributed by atoms with Crippen molar-refractivity contribution >= 4 is 11.3 Å². The van der Waals surface area contributed by atoms with Crippen LogP contribution in [0.25, 0.3) is 16.3 Å². The van der Waals surface area contributed by atoms with E-state index in [-0.39, 0.29) is 17.4 Å². The second kappa shape index (κ2) is 6.31. The summed E-state index contributed by atoms with van der Waals surface area (Å²) in [6.07, 6.45) is 9.81. The lowest BCUT2D eigenvalue weighted by Crippen LogP contribution is -2.50. The topological polar surface area (TPSA) is 85.1 Å². The molecule has 2 N–H and O–H groups in total. The van der Waals surface area contributed by atoms with Crippen molar-refractivity contribution in [3.05, 3.63) is 36.9 Å². The number of aromatic hydroxyl groups is 1. The molecule has 0 unspecified atom stereocenters. The van der Waals surface area contributed by atoms with E-state index in [0.717, 1.165) is 18.5 Å². The highest BCUT2D eigenvalue weighted by molar-refractivity contribution is 7.16. The van der Waals surface area contributed by atoms with Gasteiger partial charge in [0.15, 0.2) is 5.01 Å². The van der Waals surface area contributed by atoms with E-state index < -0.39 is 0 Å². The number of fused-ring (bicyclic) bond motifs is 2. The third-order valence-corrected chi connectivity index (χ3v) is 6.36. The van der Waals surface area contributed by atoms with Crippen molar-refractivity contribution in [1.29, 1.82) is 0 Å². The average Bonchev–Trinajstić information content (AvgIpc) is 3.36. The Hall–Kier alpha value is -2.45. The molecule has 7 nitrogen and oxygen atoms in total. The number of aromatic nitrogens is 4. The fourth-order valence-corrected chi connectivity index (χ4v) is 5.04. The van der Waals surface area contributed by atoms with E-state index in [0.29, 0.717) is 21.8 Å². The van der Waals surface area contributed by atoms with E-state index in [1.54, 1.807) is 18.6 Å².